The quantitative estimate of drug-likeness (QED) is 0.779. The van der Waals surface area contributed by atoms with E-state index in [1.165, 1.54) is 12.1 Å². The van der Waals surface area contributed by atoms with Crippen LogP contribution in [0.25, 0.3) is 0 Å². The number of benzene rings is 1. The Morgan fingerprint density at radius 3 is 2.69 bits per heavy atom. The van der Waals surface area contributed by atoms with Crippen molar-refractivity contribution in [3.05, 3.63) is 34.6 Å². The Kier molecular flexibility index (Phi) is 2.26. The Labute approximate surface area is 81.1 Å². The van der Waals surface area contributed by atoms with Crippen LogP contribution < -0.4 is 0 Å². The van der Waals surface area contributed by atoms with Gasteiger partial charge in [0.05, 0.1) is 11.1 Å². The van der Waals surface area contributed by atoms with E-state index >= 15 is 0 Å². The fraction of sp³-hybridized carbons (Fsp3) is 0.400. The molecule has 3 heteroatoms. The summed E-state index contributed by atoms with van der Waals surface area (Å²) >= 11 is 5.60. The van der Waals surface area contributed by atoms with Gasteiger partial charge in [0.1, 0.15) is 5.82 Å². The topological polar surface area (TPSA) is 20.2 Å². The second-order valence-electron chi connectivity index (χ2n) is 3.46. The highest BCUT2D eigenvalue weighted by Crippen LogP contribution is 2.41. The van der Waals surface area contributed by atoms with Crippen molar-refractivity contribution in [2.45, 2.75) is 18.9 Å². The van der Waals surface area contributed by atoms with Gasteiger partial charge in [0, 0.05) is 0 Å². The lowest BCUT2D eigenvalue weighted by Crippen LogP contribution is -1.99. The van der Waals surface area contributed by atoms with Gasteiger partial charge >= 0.3 is 0 Å². The number of hydrogen-bond acceptors (Lipinski definition) is 1. The molecule has 0 heterocycles. The minimum Gasteiger partial charge on any atom is -0.388 e. The summed E-state index contributed by atoms with van der Waals surface area (Å²) < 4.78 is 12.8. The van der Waals surface area contributed by atoms with E-state index in [0.717, 1.165) is 12.8 Å². The van der Waals surface area contributed by atoms with Crippen molar-refractivity contribution < 1.29 is 9.50 Å². The van der Waals surface area contributed by atoms with Crippen molar-refractivity contribution in [3.8, 4) is 0 Å². The minimum atomic E-state index is -0.474. The third kappa shape index (κ3) is 1.84. The lowest BCUT2D eigenvalue weighted by molar-refractivity contribution is 0.154. The molecule has 1 aromatic carbocycles. The predicted molar refractivity (Wildman–Crippen MR) is 49.1 cm³/mol. The zero-order valence-corrected chi connectivity index (χ0v) is 7.76. The van der Waals surface area contributed by atoms with Crippen LogP contribution in [0, 0.1) is 11.7 Å². The SMILES string of the molecule is O[C@H](c1ccc(F)c(Cl)c1)C1CC1. The fourth-order valence-electron chi connectivity index (χ4n) is 1.38. The number of halogens is 2. The van der Waals surface area contributed by atoms with E-state index in [4.69, 9.17) is 11.6 Å². The van der Waals surface area contributed by atoms with Gasteiger partial charge in [-0.05, 0) is 36.5 Å². The molecule has 1 aromatic rings. The van der Waals surface area contributed by atoms with E-state index in [0.29, 0.717) is 11.5 Å². The standard InChI is InChI=1S/C10H10ClFO/c11-8-5-7(3-4-9(8)12)10(13)6-1-2-6/h3-6,10,13H,1-2H2/t10-/m0/s1. The monoisotopic (exact) mass is 200 g/mol. The van der Waals surface area contributed by atoms with Crippen LogP contribution >= 0.6 is 11.6 Å². The van der Waals surface area contributed by atoms with Crippen LogP contribution in [0.5, 0.6) is 0 Å². The summed E-state index contributed by atoms with van der Waals surface area (Å²) in [7, 11) is 0. The van der Waals surface area contributed by atoms with Crippen LogP contribution in [0.3, 0.4) is 0 Å². The minimum absolute atomic E-state index is 0.0807. The molecule has 70 valence electrons. The van der Waals surface area contributed by atoms with Crippen LogP contribution in [0.4, 0.5) is 4.39 Å². The molecule has 1 nitrogen and oxygen atoms in total. The average molecular weight is 201 g/mol. The first kappa shape index (κ1) is 8.97. The zero-order valence-electron chi connectivity index (χ0n) is 7.00. The number of rotatable bonds is 2. The summed E-state index contributed by atoms with van der Waals surface area (Å²) in [6.07, 6.45) is 1.63. The molecule has 1 N–H and O–H groups in total. The molecule has 0 unspecified atom stereocenters. The van der Waals surface area contributed by atoms with E-state index in [1.807, 2.05) is 0 Å². The van der Waals surface area contributed by atoms with E-state index in [-0.39, 0.29) is 5.02 Å². The van der Waals surface area contributed by atoms with Crippen molar-refractivity contribution in [1.29, 1.82) is 0 Å². The molecule has 0 aromatic heterocycles. The molecule has 0 radical (unpaired) electrons. The van der Waals surface area contributed by atoms with Gasteiger partial charge in [-0.25, -0.2) is 4.39 Å². The van der Waals surface area contributed by atoms with E-state index < -0.39 is 11.9 Å². The number of aliphatic hydroxyl groups is 1. The second kappa shape index (κ2) is 3.28. The molecular formula is C10H10ClFO. The molecule has 2 rings (SSSR count). The fourth-order valence-corrected chi connectivity index (χ4v) is 1.57. The van der Waals surface area contributed by atoms with Crippen molar-refractivity contribution in [2.24, 2.45) is 5.92 Å². The number of hydrogen-bond donors (Lipinski definition) is 1. The Morgan fingerprint density at radius 2 is 2.15 bits per heavy atom. The summed E-state index contributed by atoms with van der Waals surface area (Å²) in [5.41, 5.74) is 0.717. The molecule has 1 aliphatic carbocycles. The van der Waals surface area contributed by atoms with Gasteiger partial charge < -0.3 is 5.11 Å². The molecule has 1 fully saturated rings. The first-order valence-corrected chi connectivity index (χ1v) is 4.69. The first-order valence-electron chi connectivity index (χ1n) is 4.31. The lowest BCUT2D eigenvalue weighted by Gasteiger charge is -2.09. The van der Waals surface area contributed by atoms with Crippen LogP contribution in [0.1, 0.15) is 24.5 Å². The molecule has 13 heavy (non-hydrogen) atoms. The summed E-state index contributed by atoms with van der Waals surface area (Å²) in [6.45, 7) is 0. The molecule has 1 aliphatic rings. The van der Waals surface area contributed by atoms with E-state index in [9.17, 15) is 9.50 Å². The van der Waals surface area contributed by atoms with Gasteiger partial charge in [-0.3, -0.25) is 0 Å². The van der Waals surface area contributed by atoms with Crippen LogP contribution in [0.15, 0.2) is 18.2 Å². The van der Waals surface area contributed by atoms with Gasteiger partial charge in [0.2, 0.25) is 0 Å². The molecular weight excluding hydrogens is 191 g/mol. The van der Waals surface area contributed by atoms with E-state index in [1.54, 1.807) is 6.07 Å². The van der Waals surface area contributed by atoms with Crippen molar-refractivity contribution >= 4 is 11.6 Å². The van der Waals surface area contributed by atoms with Crippen molar-refractivity contribution in [2.75, 3.05) is 0 Å². The van der Waals surface area contributed by atoms with Gasteiger partial charge in [0.25, 0.3) is 0 Å². The molecule has 0 saturated heterocycles. The summed E-state index contributed by atoms with van der Waals surface area (Å²) in [6, 6.07) is 4.38. The van der Waals surface area contributed by atoms with Crippen LogP contribution in [0.2, 0.25) is 5.02 Å². The Balaban J connectivity index is 2.24. The van der Waals surface area contributed by atoms with Crippen molar-refractivity contribution in [3.63, 3.8) is 0 Å². The Bertz CT molecular complexity index is 323. The van der Waals surface area contributed by atoms with Crippen molar-refractivity contribution in [1.82, 2.24) is 0 Å². The van der Waals surface area contributed by atoms with Crippen LogP contribution in [-0.2, 0) is 0 Å². The molecule has 1 atom stereocenters. The number of aliphatic hydroxyl groups excluding tert-OH is 1. The lowest BCUT2D eigenvalue weighted by atomic mass is 10.1. The maximum Gasteiger partial charge on any atom is 0.141 e. The Morgan fingerprint density at radius 1 is 1.46 bits per heavy atom. The summed E-state index contributed by atoms with van der Waals surface area (Å²) in [5, 5.41) is 9.78. The largest absolute Gasteiger partial charge is 0.388 e. The normalized spacial score (nSPS) is 18.7. The van der Waals surface area contributed by atoms with Gasteiger partial charge in [-0.1, -0.05) is 17.7 Å². The molecule has 0 aliphatic heterocycles. The second-order valence-corrected chi connectivity index (χ2v) is 3.86. The van der Waals surface area contributed by atoms with Gasteiger partial charge in [0.15, 0.2) is 0 Å². The average Bonchev–Trinajstić information content (AvgIpc) is 2.91. The third-order valence-electron chi connectivity index (χ3n) is 2.35. The summed E-state index contributed by atoms with van der Waals surface area (Å²) in [5.74, 6) is -0.0880. The molecule has 1 saturated carbocycles. The maximum absolute atomic E-state index is 12.8. The summed E-state index contributed by atoms with van der Waals surface area (Å²) in [4.78, 5) is 0. The zero-order chi connectivity index (χ0) is 9.42. The molecule has 0 amide bonds. The van der Waals surface area contributed by atoms with Gasteiger partial charge in [-0.15, -0.1) is 0 Å². The first-order chi connectivity index (χ1) is 6.18. The molecule has 0 bridgehead atoms. The third-order valence-corrected chi connectivity index (χ3v) is 2.64. The highest BCUT2D eigenvalue weighted by atomic mass is 35.5. The maximum atomic E-state index is 12.8. The molecule has 0 spiro atoms. The predicted octanol–water partition coefficient (Wildman–Crippen LogP) is 2.92. The van der Waals surface area contributed by atoms with Crippen LogP contribution in [-0.4, -0.2) is 5.11 Å². The Hall–Kier alpha value is -0.600. The highest BCUT2D eigenvalue weighted by molar-refractivity contribution is 6.30. The smallest absolute Gasteiger partial charge is 0.141 e. The highest BCUT2D eigenvalue weighted by Gasteiger charge is 2.30. The van der Waals surface area contributed by atoms with Gasteiger partial charge in [-0.2, -0.15) is 0 Å². The van der Waals surface area contributed by atoms with E-state index in [2.05, 4.69) is 0 Å².